The molecule has 19 heavy (non-hydrogen) atoms. The Labute approximate surface area is 115 Å². The highest BCUT2D eigenvalue weighted by Crippen LogP contribution is 2.22. The Bertz CT molecular complexity index is 643. The minimum absolute atomic E-state index is 0.0170. The van der Waals surface area contributed by atoms with Gasteiger partial charge in [-0.15, -0.1) is 0 Å². The van der Waals surface area contributed by atoms with Crippen LogP contribution in [0.5, 0.6) is 0 Å². The van der Waals surface area contributed by atoms with Crippen LogP contribution in [-0.4, -0.2) is 5.91 Å². The predicted molar refractivity (Wildman–Crippen MR) is 75.0 cm³/mol. The first-order valence-corrected chi connectivity index (χ1v) is 5.98. The number of benzene rings is 2. The maximum absolute atomic E-state index is 13.3. The summed E-state index contributed by atoms with van der Waals surface area (Å²) < 4.78 is 13.3. The van der Waals surface area contributed by atoms with E-state index in [0.717, 1.165) is 11.6 Å². The quantitative estimate of drug-likeness (QED) is 0.824. The average molecular weight is 279 g/mol. The highest BCUT2D eigenvalue weighted by molar-refractivity contribution is 6.30. The summed E-state index contributed by atoms with van der Waals surface area (Å²) in [6, 6.07) is 9.11. The minimum Gasteiger partial charge on any atom is -0.398 e. The standard InChI is InChI=1S/C14H12ClFN2O/c1-8-12(17)3-2-4-13(8)18-14(19)9-5-6-10(15)11(16)7-9/h2-7H,17H2,1H3,(H,18,19). The van der Waals surface area contributed by atoms with Crippen LogP contribution in [0.15, 0.2) is 36.4 Å². The molecule has 3 N–H and O–H groups in total. The number of nitrogens with one attached hydrogen (secondary N) is 1. The summed E-state index contributed by atoms with van der Waals surface area (Å²) in [6.45, 7) is 1.80. The van der Waals surface area contributed by atoms with Crippen molar-refractivity contribution in [3.63, 3.8) is 0 Å². The van der Waals surface area contributed by atoms with E-state index >= 15 is 0 Å². The first kappa shape index (κ1) is 13.4. The molecule has 0 aromatic heterocycles. The van der Waals surface area contributed by atoms with Crippen molar-refractivity contribution in [2.75, 3.05) is 11.1 Å². The van der Waals surface area contributed by atoms with Gasteiger partial charge in [0.2, 0.25) is 0 Å². The lowest BCUT2D eigenvalue weighted by molar-refractivity contribution is 0.102. The number of carbonyl (C=O) groups is 1. The number of amides is 1. The van der Waals surface area contributed by atoms with Gasteiger partial charge in [0, 0.05) is 16.9 Å². The molecule has 2 aromatic carbocycles. The van der Waals surface area contributed by atoms with Crippen molar-refractivity contribution in [1.29, 1.82) is 0 Å². The topological polar surface area (TPSA) is 55.1 Å². The summed E-state index contributed by atoms with van der Waals surface area (Å²) in [7, 11) is 0. The molecule has 0 aliphatic heterocycles. The summed E-state index contributed by atoms with van der Waals surface area (Å²) in [5.41, 5.74) is 7.90. The summed E-state index contributed by atoms with van der Waals surface area (Å²) >= 11 is 5.57. The molecule has 0 unspecified atom stereocenters. The molecule has 0 bridgehead atoms. The number of rotatable bonds is 2. The van der Waals surface area contributed by atoms with Gasteiger partial charge in [-0.1, -0.05) is 17.7 Å². The smallest absolute Gasteiger partial charge is 0.255 e. The van der Waals surface area contributed by atoms with Gasteiger partial charge in [0.25, 0.3) is 5.91 Å². The van der Waals surface area contributed by atoms with Gasteiger partial charge in [-0.2, -0.15) is 0 Å². The van der Waals surface area contributed by atoms with E-state index < -0.39 is 11.7 Å². The lowest BCUT2D eigenvalue weighted by Crippen LogP contribution is -2.13. The van der Waals surface area contributed by atoms with Crippen molar-refractivity contribution >= 4 is 28.9 Å². The molecule has 2 rings (SSSR count). The third-order valence-electron chi connectivity index (χ3n) is 2.81. The van der Waals surface area contributed by atoms with Crippen molar-refractivity contribution in [3.05, 3.63) is 58.4 Å². The van der Waals surface area contributed by atoms with Crippen molar-refractivity contribution in [1.82, 2.24) is 0 Å². The average Bonchev–Trinajstić information content (AvgIpc) is 2.38. The Hall–Kier alpha value is -2.07. The van der Waals surface area contributed by atoms with E-state index in [4.69, 9.17) is 17.3 Å². The SMILES string of the molecule is Cc1c(N)cccc1NC(=O)c1ccc(Cl)c(F)c1. The molecule has 98 valence electrons. The Morgan fingerprint density at radius 1 is 1.32 bits per heavy atom. The second-order valence-corrected chi connectivity index (χ2v) is 4.51. The number of hydrogen-bond donors (Lipinski definition) is 2. The lowest BCUT2D eigenvalue weighted by atomic mass is 10.1. The summed E-state index contributed by atoms with van der Waals surface area (Å²) in [4.78, 5) is 12.0. The molecule has 0 saturated heterocycles. The molecule has 0 aliphatic rings. The second kappa shape index (κ2) is 5.28. The first-order chi connectivity index (χ1) is 8.99. The van der Waals surface area contributed by atoms with Crippen LogP contribution in [0.4, 0.5) is 15.8 Å². The molecule has 0 saturated carbocycles. The van der Waals surface area contributed by atoms with Gasteiger partial charge in [0.05, 0.1) is 5.02 Å². The highest BCUT2D eigenvalue weighted by atomic mass is 35.5. The van der Waals surface area contributed by atoms with Gasteiger partial charge in [-0.25, -0.2) is 4.39 Å². The molecule has 0 fully saturated rings. The highest BCUT2D eigenvalue weighted by Gasteiger charge is 2.10. The van der Waals surface area contributed by atoms with Gasteiger partial charge < -0.3 is 11.1 Å². The van der Waals surface area contributed by atoms with E-state index in [-0.39, 0.29) is 10.6 Å². The van der Waals surface area contributed by atoms with Crippen LogP contribution in [0.1, 0.15) is 15.9 Å². The van der Waals surface area contributed by atoms with Crippen molar-refractivity contribution < 1.29 is 9.18 Å². The Balaban J connectivity index is 2.26. The van der Waals surface area contributed by atoms with Crippen LogP contribution < -0.4 is 11.1 Å². The maximum Gasteiger partial charge on any atom is 0.255 e. The molecule has 0 spiro atoms. The number of nitrogens with two attached hydrogens (primary N) is 1. The molecular weight excluding hydrogens is 267 g/mol. The van der Waals surface area contributed by atoms with E-state index in [1.807, 2.05) is 0 Å². The van der Waals surface area contributed by atoms with Crippen LogP contribution >= 0.6 is 11.6 Å². The zero-order chi connectivity index (χ0) is 14.0. The number of hydrogen-bond acceptors (Lipinski definition) is 2. The third-order valence-corrected chi connectivity index (χ3v) is 3.11. The third kappa shape index (κ3) is 2.85. The zero-order valence-corrected chi connectivity index (χ0v) is 11.0. The molecule has 0 aliphatic carbocycles. The number of carbonyl (C=O) groups excluding carboxylic acids is 1. The van der Waals surface area contributed by atoms with Gasteiger partial charge >= 0.3 is 0 Å². The molecule has 2 aromatic rings. The van der Waals surface area contributed by atoms with E-state index in [1.54, 1.807) is 25.1 Å². The van der Waals surface area contributed by atoms with Gasteiger partial charge in [-0.05, 0) is 42.8 Å². The van der Waals surface area contributed by atoms with Gasteiger partial charge in [0.15, 0.2) is 0 Å². The Kier molecular flexibility index (Phi) is 3.71. The maximum atomic E-state index is 13.3. The van der Waals surface area contributed by atoms with Gasteiger partial charge in [-0.3, -0.25) is 4.79 Å². The Morgan fingerprint density at radius 2 is 2.05 bits per heavy atom. The monoisotopic (exact) mass is 278 g/mol. The summed E-state index contributed by atoms with van der Waals surface area (Å²) in [5, 5.41) is 2.67. The zero-order valence-electron chi connectivity index (χ0n) is 10.2. The van der Waals surface area contributed by atoms with Crippen LogP contribution in [0.2, 0.25) is 5.02 Å². The predicted octanol–water partition coefficient (Wildman–Crippen LogP) is 3.62. The molecule has 0 heterocycles. The van der Waals surface area contributed by atoms with Crippen LogP contribution in [0.25, 0.3) is 0 Å². The fourth-order valence-electron chi connectivity index (χ4n) is 1.62. The summed E-state index contributed by atoms with van der Waals surface area (Å²) in [5.74, 6) is -1.04. The molecular formula is C14H12ClFN2O. The number of nitrogen functional groups attached to an aromatic ring is 1. The normalized spacial score (nSPS) is 10.3. The molecule has 5 heteroatoms. The van der Waals surface area contributed by atoms with Crippen LogP contribution in [0.3, 0.4) is 0 Å². The van der Waals surface area contributed by atoms with Crippen LogP contribution in [-0.2, 0) is 0 Å². The molecule has 3 nitrogen and oxygen atoms in total. The lowest BCUT2D eigenvalue weighted by Gasteiger charge is -2.10. The van der Waals surface area contributed by atoms with E-state index in [9.17, 15) is 9.18 Å². The van der Waals surface area contributed by atoms with E-state index in [2.05, 4.69) is 5.32 Å². The number of halogens is 2. The fourth-order valence-corrected chi connectivity index (χ4v) is 1.74. The fraction of sp³-hybridized carbons (Fsp3) is 0.0714. The largest absolute Gasteiger partial charge is 0.398 e. The van der Waals surface area contributed by atoms with Crippen LogP contribution in [0, 0.1) is 12.7 Å². The van der Waals surface area contributed by atoms with Gasteiger partial charge in [0.1, 0.15) is 5.82 Å². The van der Waals surface area contributed by atoms with Crippen molar-refractivity contribution in [3.8, 4) is 0 Å². The Morgan fingerprint density at radius 3 is 2.74 bits per heavy atom. The summed E-state index contributed by atoms with van der Waals surface area (Å²) in [6.07, 6.45) is 0. The van der Waals surface area contributed by atoms with Crippen molar-refractivity contribution in [2.45, 2.75) is 6.92 Å². The van der Waals surface area contributed by atoms with E-state index in [0.29, 0.717) is 11.4 Å². The molecule has 0 radical (unpaired) electrons. The number of anilines is 2. The van der Waals surface area contributed by atoms with Crippen molar-refractivity contribution in [2.24, 2.45) is 0 Å². The van der Waals surface area contributed by atoms with E-state index in [1.165, 1.54) is 12.1 Å². The molecule has 1 amide bonds. The second-order valence-electron chi connectivity index (χ2n) is 4.10. The molecule has 0 atom stereocenters. The minimum atomic E-state index is -0.626. The first-order valence-electron chi connectivity index (χ1n) is 5.60.